The lowest BCUT2D eigenvalue weighted by atomic mass is 9.93. The molecule has 1 aromatic rings. The fourth-order valence-corrected chi connectivity index (χ4v) is 3.16. The van der Waals surface area contributed by atoms with E-state index >= 15 is 0 Å². The zero-order valence-electron chi connectivity index (χ0n) is 12.0. The van der Waals surface area contributed by atoms with Gasteiger partial charge in [0.05, 0.1) is 0 Å². The second-order valence-electron chi connectivity index (χ2n) is 5.59. The average Bonchev–Trinajstić information content (AvgIpc) is 2.37. The number of anilines is 1. The number of para-hydroxylation sites is 1. The summed E-state index contributed by atoms with van der Waals surface area (Å²) in [6.45, 7) is 8.07. The van der Waals surface area contributed by atoms with Gasteiger partial charge >= 0.3 is 0 Å². The minimum absolute atomic E-state index is 0.852. The first kappa shape index (κ1) is 13.4. The van der Waals surface area contributed by atoms with E-state index in [4.69, 9.17) is 0 Å². The highest BCUT2D eigenvalue weighted by Crippen LogP contribution is 2.29. The van der Waals surface area contributed by atoms with Gasteiger partial charge in [-0.25, -0.2) is 0 Å². The number of benzene rings is 1. The Labute approximate surface area is 111 Å². The summed E-state index contributed by atoms with van der Waals surface area (Å²) in [6, 6.07) is 6.63. The van der Waals surface area contributed by atoms with Gasteiger partial charge in [-0.2, -0.15) is 0 Å². The van der Waals surface area contributed by atoms with Crippen molar-refractivity contribution in [3.05, 3.63) is 29.3 Å². The first-order chi connectivity index (χ1) is 8.72. The maximum atomic E-state index is 3.27. The molecule has 1 atom stereocenters. The summed E-state index contributed by atoms with van der Waals surface area (Å²) in [5.74, 6) is 0.852. The second kappa shape index (κ2) is 6.24. The Bertz CT molecular complexity index is 366. The van der Waals surface area contributed by atoms with E-state index < -0.39 is 0 Å². The normalized spacial score (nSPS) is 20.2. The molecule has 0 aliphatic carbocycles. The largest absolute Gasteiger partial charge is 0.371 e. The molecule has 1 aromatic carbocycles. The predicted molar refractivity (Wildman–Crippen MR) is 79.4 cm³/mol. The first-order valence-corrected chi connectivity index (χ1v) is 7.18. The number of rotatable bonds is 4. The van der Waals surface area contributed by atoms with E-state index in [1.54, 1.807) is 0 Å². The molecule has 1 saturated heterocycles. The Kier molecular flexibility index (Phi) is 4.65. The molecule has 2 nitrogen and oxygen atoms in total. The highest BCUT2D eigenvalue weighted by molar-refractivity contribution is 5.59. The third-order valence-electron chi connectivity index (χ3n) is 4.08. The van der Waals surface area contributed by atoms with Crippen molar-refractivity contribution in [2.24, 2.45) is 5.92 Å². The van der Waals surface area contributed by atoms with Crippen LogP contribution in [0.2, 0.25) is 0 Å². The zero-order chi connectivity index (χ0) is 13.0. The van der Waals surface area contributed by atoms with Crippen LogP contribution in [0, 0.1) is 19.8 Å². The van der Waals surface area contributed by atoms with E-state index in [9.17, 15) is 0 Å². The Balaban J connectivity index is 2.08. The summed E-state index contributed by atoms with van der Waals surface area (Å²) in [5.41, 5.74) is 4.32. The summed E-state index contributed by atoms with van der Waals surface area (Å²) in [6.07, 6.45) is 4.03. The maximum absolute atomic E-state index is 3.27. The van der Waals surface area contributed by atoms with E-state index in [-0.39, 0.29) is 0 Å². The topological polar surface area (TPSA) is 15.3 Å². The lowest BCUT2D eigenvalue weighted by molar-refractivity contribution is 0.387. The van der Waals surface area contributed by atoms with E-state index in [0.717, 1.165) is 12.5 Å². The van der Waals surface area contributed by atoms with Gasteiger partial charge in [0.25, 0.3) is 0 Å². The van der Waals surface area contributed by atoms with Gasteiger partial charge in [-0.05, 0) is 63.7 Å². The molecule has 1 aliphatic heterocycles. The Hall–Kier alpha value is -1.02. The summed E-state index contributed by atoms with van der Waals surface area (Å²) in [7, 11) is 2.05. The molecule has 1 N–H and O–H groups in total. The third kappa shape index (κ3) is 3.05. The molecule has 0 radical (unpaired) electrons. The standard InChI is InChI=1S/C16H26N2/c1-13-6-4-7-14(2)16(13)18-11-5-8-15(12-18)9-10-17-3/h4,6-7,15,17H,5,8-12H2,1-3H3. The molecule has 0 saturated carbocycles. The van der Waals surface area contributed by atoms with Gasteiger partial charge in [0.2, 0.25) is 0 Å². The van der Waals surface area contributed by atoms with Crippen molar-refractivity contribution in [1.29, 1.82) is 0 Å². The third-order valence-corrected chi connectivity index (χ3v) is 4.08. The molecule has 1 fully saturated rings. The fourth-order valence-electron chi connectivity index (χ4n) is 3.16. The molecule has 18 heavy (non-hydrogen) atoms. The SMILES string of the molecule is CNCCC1CCCN(c2c(C)cccc2C)C1. The van der Waals surface area contributed by atoms with Crippen molar-refractivity contribution >= 4 is 5.69 Å². The Morgan fingerprint density at radius 2 is 2.00 bits per heavy atom. The highest BCUT2D eigenvalue weighted by atomic mass is 15.1. The first-order valence-electron chi connectivity index (χ1n) is 7.18. The van der Waals surface area contributed by atoms with Gasteiger partial charge in [-0.3, -0.25) is 0 Å². The van der Waals surface area contributed by atoms with E-state index in [0.29, 0.717) is 0 Å². The van der Waals surface area contributed by atoms with E-state index in [1.807, 2.05) is 7.05 Å². The number of hydrogen-bond acceptors (Lipinski definition) is 2. The van der Waals surface area contributed by atoms with Crippen LogP contribution in [-0.4, -0.2) is 26.7 Å². The summed E-state index contributed by atoms with van der Waals surface area (Å²) >= 11 is 0. The number of nitrogens with one attached hydrogen (secondary N) is 1. The molecule has 100 valence electrons. The van der Waals surface area contributed by atoms with Gasteiger partial charge in [-0.1, -0.05) is 18.2 Å². The fraction of sp³-hybridized carbons (Fsp3) is 0.625. The van der Waals surface area contributed by atoms with E-state index in [2.05, 4.69) is 42.3 Å². The molecule has 2 rings (SSSR count). The zero-order valence-corrected chi connectivity index (χ0v) is 12.0. The second-order valence-corrected chi connectivity index (χ2v) is 5.59. The van der Waals surface area contributed by atoms with Crippen molar-refractivity contribution in [1.82, 2.24) is 5.32 Å². The predicted octanol–water partition coefficient (Wildman–Crippen LogP) is 3.13. The van der Waals surface area contributed by atoms with Gasteiger partial charge in [0.1, 0.15) is 0 Å². The number of nitrogens with zero attached hydrogens (tertiary/aromatic N) is 1. The van der Waals surface area contributed by atoms with Gasteiger partial charge in [-0.15, -0.1) is 0 Å². The van der Waals surface area contributed by atoms with Crippen LogP contribution in [0.3, 0.4) is 0 Å². The molecule has 1 unspecified atom stereocenters. The van der Waals surface area contributed by atoms with Crippen LogP contribution in [0.5, 0.6) is 0 Å². The van der Waals surface area contributed by atoms with Crippen LogP contribution in [0.15, 0.2) is 18.2 Å². The van der Waals surface area contributed by atoms with Crippen LogP contribution in [0.1, 0.15) is 30.4 Å². The van der Waals surface area contributed by atoms with Crippen molar-refractivity contribution in [2.75, 3.05) is 31.6 Å². The number of piperidine rings is 1. The summed E-state index contributed by atoms with van der Waals surface area (Å²) < 4.78 is 0. The van der Waals surface area contributed by atoms with Gasteiger partial charge in [0, 0.05) is 18.8 Å². The van der Waals surface area contributed by atoms with Crippen molar-refractivity contribution < 1.29 is 0 Å². The molecular formula is C16H26N2. The summed E-state index contributed by atoms with van der Waals surface area (Å²) in [4.78, 5) is 2.61. The molecule has 0 amide bonds. The van der Waals surface area contributed by atoms with Crippen molar-refractivity contribution in [2.45, 2.75) is 33.1 Å². The van der Waals surface area contributed by atoms with Crippen LogP contribution in [-0.2, 0) is 0 Å². The van der Waals surface area contributed by atoms with Crippen LogP contribution < -0.4 is 10.2 Å². The maximum Gasteiger partial charge on any atom is 0.0425 e. The lowest BCUT2D eigenvalue weighted by Gasteiger charge is -2.36. The Morgan fingerprint density at radius 1 is 1.28 bits per heavy atom. The van der Waals surface area contributed by atoms with Crippen LogP contribution in [0.25, 0.3) is 0 Å². The Morgan fingerprint density at radius 3 is 2.67 bits per heavy atom. The molecule has 0 aromatic heterocycles. The van der Waals surface area contributed by atoms with Gasteiger partial charge in [0.15, 0.2) is 0 Å². The number of hydrogen-bond donors (Lipinski definition) is 1. The number of aryl methyl sites for hydroxylation is 2. The minimum Gasteiger partial charge on any atom is -0.371 e. The van der Waals surface area contributed by atoms with Crippen LogP contribution >= 0.6 is 0 Å². The quantitative estimate of drug-likeness (QED) is 0.878. The monoisotopic (exact) mass is 246 g/mol. The smallest absolute Gasteiger partial charge is 0.0425 e. The molecular weight excluding hydrogens is 220 g/mol. The molecule has 1 aliphatic rings. The van der Waals surface area contributed by atoms with E-state index in [1.165, 1.54) is 49.2 Å². The van der Waals surface area contributed by atoms with Crippen LogP contribution in [0.4, 0.5) is 5.69 Å². The minimum atomic E-state index is 0.852. The molecule has 0 bridgehead atoms. The summed E-state index contributed by atoms with van der Waals surface area (Å²) in [5, 5.41) is 3.27. The van der Waals surface area contributed by atoms with Crippen molar-refractivity contribution in [3.8, 4) is 0 Å². The highest BCUT2D eigenvalue weighted by Gasteiger charge is 2.21. The van der Waals surface area contributed by atoms with Gasteiger partial charge < -0.3 is 10.2 Å². The molecule has 2 heteroatoms. The van der Waals surface area contributed by atoms with Crippen molar-refractivity contribution in [3.63, 3.8) is 0 Å². The lowest BCUT2D eigenvalue weighted by Crippen LogP contribution is -2.37. The molecule has 1 heterocycles. The average molecular weight is 246 g/mol. The molecule has 0 spiro atoms.